The Bertz CT molecular complexity index is 984. The second kappa shape index (κ2) is 10.1. The van der Waals surface area contributed by atoms with Gasteiger partial charge in [-0.15, -0.1) is 0 Å². The first-order chi connectivity index (χ1) is 14.5. The van der Waals surface area contributed by atoms with Gasteiger partial charge >= 0.3 is 11.9 Å². The number of hydrogen-bond acceptors (Lipinski definition) is 7. The van der Waals surface area contributed by atoms with Gasteiger partial charge < -0.3 is 19.7 Å². The summed E-state index contributed by atoms with van der Waals surface area (Å²) in [5.41, 5.74) is 4.14. The minimum Gasteiger partial charge on any atom is -0.508 e. The Balaban J connectivity index is 2.21. The second-order valence-corrected chi connectivity index (χ2v) is 7.84. The van der Waals surface area contributed by atoms with E-state index >= 15 is 0 Å². The fraction of sp³-hybridized carbons (Fsp3) is 0.375. The van der Waals surface area contributed by atoms with E-state index in [1.54, 1.807) is 6.92 Å². The van der Waals surface area contributed by atoms with Crippen LogP contribution < -0.4 is 0 Å². The molecule has 0 radical (unpaired) electrons. The summed E-state index contributed by atoms with van der Waals surface area (Å²) >= 11 is 0. The number of phenols is 2. The van der Waals surface area contributed by atoms with E-state index in [0.29, 0.717) is 0 Å². The van der Waals surface area contributed by atoms with E-state index in [1.165, 1.54) is 13.0 Å². The number of carbonyl (C=O) groups excluding carboxylic acids is 3. The summed E-state index contributed by atoms with van der Waals surface area (Å²) in [5.74, 6) is -2.43. The number of rotatable bonds is 8. The van der Waals surface area contributed by atoms with E-state index in [0.717, 1.165) is 28.3 Å². The van der Waals surface area contributed by atoms with Crippen LogP contribution in [-0.4, -0.2) is 34.0 Å². The molecule has 2 N–H and O–H groups in total. The van der Waals surface area contributed by atoms with Gasteiger partial charge in [-0.2, -0.15) is 0 Å². The van der Waals surface area contributed by atoms with Crippen molar-refractivity contribution in [1.29, 1.82) is 0 Å². The fourth-order valence-electron chi connectivity index (χ4n) is 3.53. The number of hydrogen-bond donors (Lipinski definition) is 2. The normalized spacial score (nSPS) is 11.6. The van der Waals surface area contributed by atoms with Crippen LogP contribution in [0, 0.1) is 20.8 Å². The molecule has 7 nitrogen and oxygen atoms in total. The smallest absolute Gasteiger partial charge is 0.342 e. The fourth-order valence-corrected chi connectivity index (χ4v) is 3.53. The van der Waals surface area contributed by atoms with E-state index in [-0.39, 0.29) is 42.1 Å². The van der Waals surface area contributed by atoms with Crippen LogP contribution >= 0.6 is 0 Å². The van der Waals surface area contributed by atoms with Crippen LogP contribution in [0.15, 0.2) is 24.3 Å². The third-order valence-electron chi connectivity index (χ3n) is 4.81. The molecule has 1 atom stereocenters. The summed E-state index contributed by atoms with van der Waals surface area (Å²) in [6.45, 7) is 8.76. The Morgan fingerprint density at radius 3 is 2.19 bits per heavy atom. The van der Waals surface area contributed by atoms with Crippen LogP contribution in [0.5, 0.6) is 11.5 Å². The Labute approximate surface area is 181 Å². The molecule has 0 saturated heterocycles. The molecule has 0 aromatic heterocycles. The predicted molar refractivity (Wildman–Crippen MR) is 114 cm³/mol. The number of benzene rings is 2. The highest BCUT2D eigenvalue weighted by Gasteiger charge is 2.23. The highest BCUT2D eigenvalue weighted by molar-refractivity contribution is 5.95. The number of phenolic OH excluding ortho intramolecular Hbond substituents is 2. The van der Waals surface area contributed by atoms with Gasteiger partial charge in [0.05, 0.1) is 0 Å². The van der Waals surface area contributed by atoms with Crippen molar-refractivity contribution >= 4 is 17.7 Å². The molecule has 7 heteroatoms. The molecule has 2 aromatic carbocycles. The van der Waals surface area contributed by atoms with Crippen LogP contribution in [0.2, 0.25) is 0 Å². The number of Topliss-reactive ketones (excluding diaryl/α,β-unsaturated/α-hetero) is 1. The summed E-state index contributed by atoms with van der Waals surface area (Å²) in [6, 6.07) is 6.36. The Hall–Kier alpha value is -3.35. The van der Waals surface area contributed by atoms with Crippen molar-refractivity contribution in [3.8, 4) is 11.5 Å². The maximum Gasteiger partial charge on any atom is 0.342 e. The second-order valence-electron chi connectivity index (χ2n) is 7.84. The zero-order valence-corrected chi connectivity index (χ0v) is 18.4. The van der Waals surface area contributed by atoms with Crippen molar-refractivity contribution in [3.05, 3.63) is 57.6 Å². The number of ether oxygens (including phenoxy) is 2. The molecule has 31 heavy (non-hydrogen) atoms. The van der Waals surface area contributed by atoms with Crippen LogP contribution in [-0.2, 0) is 32.1 Å². The molecule has 0 aliphatic carbocycles. The molecule has 2 aromatic rings. The van der Waals surface area contributed by atoms with Gasteiger partial charge in [-0.05, 0) is 62.9 Å². The highest BCUT2D eigenvalue weighted by Crippen LogP contribution is 2.30. The molecule has 0 amide bonds. The lowest BCUT2D eigenvalue weighted by atomic mass is 9.99. The van der Waals surface area contributed by atoms with Gasteiger partial charge in [0.25, 0.3) is 0 Å². The van der Waals surface area contributed by atoms with Crippen molar-refractivity contribution < 1.29 is 34.1 Å². The Morgan fingerprint density at radius 2 is 1.61 bits per heavy atom. The first-order valence-electron chi connectivity index (χ1n) is 9.95. The van der Waals surface area contributed by atoms with Crippen molar-refractivity contribution in [2.24, 2.45) is 0 Å². The lowest BCUT2D eigenvalue weighted by Crippen LogP contribution is -2.20. The summed E-state index contributed by atoms with van der Waals surface area (Å²) < 4.78 is 10.6. The standard InChI is InChI=1S/C24H28O7/c1-13-6-14(2)20(15(3)7-13)12-30-24(29)23-18(10-19(26)11-21(23)27)9-17(5)31-22(28)8-16(4)25/h6-7,10-11,17,26-27H,8-9,12H2,1-5H3/t17-/m0/s1. The van der Waals surface area contributed by atoms with E-state index in [4.69, 9.17) is 9.47 Å². The molecule has 0 fully saturated rings. The third kappa shape index (κ3) is 6.57. The number of aryl methyl sites for hydroxylation is 3. The average Bonchev–Trinajstić information content (AvgIpc) is 2.58. The molecule has 0 spiro atoms. The summed E-state index contributed by atoms with van der Waals surface area (Å²) in [6.07, 6.45) is -1.00. The number of carbonyl (C=O) groups is 3. The summed E-state index contributed by atoms with van der Waals surface area (Å²) in [5, 5.41) is 20.1. The van der Waals surface area contributed by atoms with E-state index in [2.05, 4.69) is 0 Å². The van der Waals surface area contributed by atoms with Gasteiger partial charge in [0.15, 0.2) is 0 Å². The van der Waals surface area contributed by atoms with Gasteiger partial charge in [0, 0.05) is 12.5 Å². The van der Waals surface area contributed by atoms with Gasteiger partial charge in [0.1, 0.15) is 42.0 Å². The zero-order chi connectivity index (χ0) is 23.3. The van der Waals surface area contributed by atoms with Crippen molar-refractivity contribution in [3.63, 3.8) is 0 Å². The van der Waals surface area contributed by atoms with Crippen LogP contribution in [0.4, 0.5) is 0 Å². The number of aromatic hydroxyl groups is 2. The lowest BCUT2D eigenvalue weighted by Gasteiger charge is -2.17. The minimum absolute atomic E-state index is 0.0275. The Morgan fingerprint density at radius 1 is 1.00 bits per heavy atom. The van der Waals surface area contributed by atoms with Gasteiger partial charge in [-0.1, -0.05) is 17.7 Å². The lowest BCUT2D eigenvalue weighted by molar-refractivity contribution is -0.149. The maximum absolute atomic E-state index is 12.8. The molecule has 0 unspecified atom stereocenters. The van der Waals surface area contributed by atoms with Crippen LogP contribution in [0.1, 0.15) is 58.4 Å². The largest absolute Gasteiger partial charge is 0.508 e. The molecule has 0 aliphatic heterocycles. The van der Waals surface area contributed by atoms with E-state index in [9.17, 15) is 24.6 Å². The quantitative estimate of drug-likeness (QED) is 0.486. The first-order valence-corrected chi connectivity index (χ1v) is 9.95. The maximum atomic E-state index is 12.8. The molecule has 0 aliphatic rings. The highest BCUT2D eigenvalue weighted by atomic mass is 16.5. The molecule has 166 valence electrons. The monoisotopic (exact) mass is 428 g/mol. The molecule has 0 heterocycles. The topological polar surface area (TPSA) is 110 Å². The molecule has 0 saturated carbocycles. The summed E-state index contributed by atoms with van der Waals surface area (Å²) in [4.78, 5) is 35.6. The summed E-state index contributed by atoms with van der Waals surface area (Å²) in [7, 11) is 0. The van der Waals surface area contributed by atoms with Crippen molar-refractivity contribution in [1.82, 2.24) is 0 Å². The molecule has 0 bridgehead atoms. The molecular weight excluding hydrogens is 400 g/mol. The Kier molecular flexibility index (Phi) is 7.80. The molecular formula is C24H28O7. The van der Waals surface area contributed by atoms with Gasteiger partial charge in [0.2, 0.25) is 0 Å². The van der Waals surface area contributed by atoms with E-state index < -0.39 is 23.8 Å². The van der Waals surface area contributed by atoms with Crippen molar-refractivity contribution in [2.45, 2.75) is 60.2 Å². The van der Waals surface area contributed by atoms with Gasteiger partial charge in [-0.25, -0.2) is 4.79 Å². The average molecular weight is 428 g/mol. The third-order valence-corrected chi connectivity index (χ3v) is 4.81. The van der Waals surface area contributed by atoms with Gasteiger partial charge in [-0.3, -0.25) is 9.59 Å². The van der Waals surface area contributed by atoms with E-state index in [1.807, 2.05) is 32.9 Å². The zero-order valence-electron chi connectivity index (χ0n) is 18.4. The first kappa shape index (κ1) is 23.9. The SMILES string of the molecule is CC(=O)CC(=O)O[C@@H](C)Cc1cc(O)cc(O)c1C(=O)OCc1c(C)cc(C)cc1C. The van der Waals surface area contributed by atoms with Crippen LogP contribution in [0.3, 0.4) is 0 Å². The number of ketones is 1. The van der Waals surface area contributed by atoms with Crippen molar-refractivity contribution in [2.75, 3.05) is 0 Å². The molecule has 2 rings (SSSR count). The predicted octanol–water partition coefficient (Wildman–Crippen LogP) is 3.83. The van der Waals surface area contributed by atoms with Crippen LogP contribution in [0.25, 0.3) is 0 Å². The number of esters is 2. The minimum atomic E-state index is -0.755.